The van der Waals surface area contributed by atoms with Crippen LogP contribution in [0.5, 0.6) is 0 Å². The van der Waals surface area contributed by atoms with E-state index in [2.05, 4.69) is 33.0 Å². The van der Waals surface area contributed by atoms with Crippen LogP contribution in [-0.2, 0) is 19.1 Å². The molecule has 0 aliphatic heterocycles. The smallest absolute Gasteiger partial charge is 0.323 e. The van der Waals surface area contributed by atoms with E-state index in [9.17, 15) is 9.59 Å². The zero-order valence-corrected chi connectivity index (χ0v) is 13.4. The average Bonchev–Trinajstić information content (AvgIpc) is 2.34. The Kier molecular flexibility index (Phi) is 10.1. The van der Waals surface area contributed by atoms with Crippen molar-refractivity contribution >= 4 is 11.9 Å². The van der Waals surface area contributed by atoms with Crippen molar-refractivity contribution in [2.45, 2.75) is 53.0 Å². The van der Waals surface area contributed by atoms with Crippen molar-refractivity contribution in [3.8, 4) is 0 Å². The van der Waals surface area contributed by atoms with Crippen LogP contribution in [0.25, 0.3) is 0 Å². The summed E-state index contributed by atoms with van der Waals surface area (Å²) in [4.78, 5) is 23.4. The average molecular weight is 287 g/mol. The minimum absolute atomic E-state index is 0.00903. The van der Waals surface area contributed by atoms with E-state index < -0.39 is 12.0 Å². The summed E-state index contributed by atoms with van der Waals surface area (Å²) in [6, 6.07) is -0.631. The van der Waals surface area contributed by atoms with Crippen LogP contribution >= 0.6 is 0 Å². The minimum atomic E-state index is -0.631. The normalized spacial score (nSPS) is 12.6. The number of rotatable bonds is 10. The lowest BCUT2D eigenvalue weighted by Crippen LogP contribution is -2.38. The van der Waals surface area contributed by atoms with Crippen LogP contribution in [0, 0.1) is 11.8 Å². The first kappa shape index (κ1) is 18.9. The van der Waals surface area contributed by atoms with Gasteiger partial charge in [0.15, 0.2) is 0 Å². The highest BCUT2D eigenvalue weighted by molar-refractivity contribution is 5.82. The third kappa shape index (κ3) is 9.78. The number of esters is 2. The molecule has 0 heterocycles. The molecule has 1 unspecified atom stereocenters. The molecule has 0 fully saturated rings. The Bertz CT molecular complexity index is 290. The van der Waals surface area contributed by atoms with Gasteiger partial charge in [0.1, 0.15) is 6.04 Å². The molecule has 0 radical (unpaired) electrons. The number of hydrogen-bond donors (Lipinski definition) is 1. The van der Waals surface area contributed by atoms with Gasteiger partial charge in [0.25, 0.3) is 0 Å². The van der Waals surface area contributed by atoms with E-state index in [1.807, 2.05) is 0 Å². The Morgan fingerprint density at radius 3 is 1.90 bits per heavy atom. The van der Waals surface area contributed by atoms with E-state index in [0.29, 0.717) is 25.0 Å². The van der Waals surface area contributed by atoms with Gasteiger partial charge in [0, 0.05) is 0 Å². The fourth-order valence-corrected chi connectivity index (χ4v) is 1.43. The Labute approximate surface area is 122 Å². The molecule has 0 aromatic heterocycles. The van der Waals surface area contributed by atoms with E-state index >= 15 is 0 Å². The van der Waals surface area contributed by atoms with Gasteiger partial charge in [0.05, 0.1) is 19.6 Å². The van der Waals surface area contributed by atoms with Crippen molar-refractivity contribution in [1.82, 2.24) is 5.32 Å². The number of carbonyl (C=O) groups is 2. The van der Waals surface area contributed by atoms with Gasteiger partial charge in [-0.1, -0.05) is 27.7 Å². The first-order valence-corrected chi connectivity index (χ1v) is 7.36. The highest BCUT2D eigenvalue weighted by atomic mass is 16.5. The predicted octanol–water partition coefficient (Wildman–Crippen LogP) is 2.14. The number of nitrogens with one attached hydrogen (secondary N) is 1. The zero-order valence-electron chi connectivity index (χ0n) is 13.4. The third-order valence-corrected chi connectivity index (χ3v) is 2.90. The molecule has 0 amide bonds. The molecule has 0 spiro atoms. The molecule has 0 saturated heterocycles. The van der Waals surface area contributed by atoms with Crippen LogP contribution in [0.3, 0.4) is 0 Å². The second-order valence-corrected chi connectivity index (χ2v) is 5.80. The molecule has 0 aromatic carbocycles. The van der Waals surface area contributed by atoms with Crippen molar-refractivity contribution < 1.29 is 19.1 Å². The molecule has 0 saturated carbocycles. The largest absolute Gasteiger partial charge is 0.466 e. The molecule has 0 rings (SSSR count). The van der Waals surface area contributed by atoms with Gasteiger partial charge in [-0.3, -0.25) is 9.59 Å². The second-order valence-electron chi connectivity index (χ2n) is 5.80. The topological polar surface area (TPSA) is 64.6 Å². The van der Waals surface area contributed by atoms with Gasteiger partial charge in [0.2, 0.25) is 0 Å². The third-order valence-electron chi connectivity index (χ3n) is 2.90. The molecule has 20 heavy (non-hydrogen) atoms. The van der Waals surface area contributed by atoms with Crippen LogP contribution in [0.2, 0.25) is 0 Å². The quantitative estimate of drug-likeness (QED) is 0.624. The van der Waals surface area contributed by atoms with E-state index in [0.717, 1.165) is 12.8 Å². The standard InChI is InChI=1S/C15H29NO4/c1-11(2)6-8-19-14(17)10-13(16-5)15(18)20-9-7-12(3)4/h11-13,16H,6-10H2,1-5H3. The molecule has 5 heteroatoms. The molecule has 118 valence electrons. The van der Waals surface area contributed by atoms with Crippen molar-refractivity contribution in [1.29, 1.82) is 0 Å². The van der Waals surface area contributed by atoms with Gasteiger partial charge in [-0.25, -0.2) is 0 Å². The maximum absolute atomic E-state index is 11.8. The van der Waals surface area contributed by atoms with Crippen LogP contribution < -0.4 is 5.32 Å². The summed E-state index contributed by atoms with van der Waals surface area (Å²) in [6.45, 7) is 9.05. The number of carbonyl (C=O) groups excluding carboxylic acids is 2. The molecular weight excluding hydrogens is 258 g/mol. The Morgan fingerprint density at radius 2 is 1.45 bits per heavy atom. The lowest BCUT2D eigenvalue weighted by molar-refractivity contribution is -0.153. The predicted molar refractivity (Wildman–Crippen MR) is 78.3 cm³/mol. The van der Waals surface area contributed by atoms with Crippen LogP contribution in [0.1, 0.15) is 47.0 Å². The Morgan fingerprint density at radius 1 is 0.950 bits per heavy atom. The molecule has 0 aromatic rings. The van der Waals surface area contributed by atoms with Gasteiger partial charge in [-0.05, 0) is 31.7 Å². The van der Waals surface area contributed by atoms with E-state index in [1.54, 1.807) is 7.05 Å². The van der Waals surface area contributed by atoms with Crippen molar-refractivity contribution in [2.75, 3.05) is 20.3 Å². The van der Waals surface area contributed by atoms with E-state index in [1.165, 1.54) is 0 Å². The minimum Gasteiger partial charge on any atom is -0.466 e. The highest BCUT2D eigenvalue weighted by Crippen LogP contribution is 2.04. The molecule has 0 aliphatic rings. The van der Waals surface area contributed by atoms with Crippen LogP contribution in [-0.4, -0.2) is 38.2 Å². The second kappa shape index (κ2) is 10.7. The maximum Gasteiger partial charge on any atom is 0.323 e. The fraction of sp³-hybridized carbons (Fsp3) is 0.867. The number of hydrogen-bond acceptors (Lipinski definition) is 5. The summed E-state index contributed by atoms with van der Waals surface area (Å²) in [5.74, 6) is 0.209. The highest BCUT2D eigenvalue weighted by Gasteiger charge is 2.22. The lowest BCUT2D eigenvalue weighted by atomic mass is 10.1. The first-order valence-electron chi connectivity index (χ1n) is 7.36. The van der Waals surface area contributed by atoms with Crippen molar-refractivity contribution in [3.05, 3.63) is 0 Å². The summed E-state index contributed by atoms with van der Waals surface area (Å²) in [6.07, 6.45) is 1.66. The number of ether oxygens (including phenoxy) is 2. The summed E-state index contributed by atoms with van der Waals surface area (Å²) in [7, 11) is 1.63. The molecular formula is C15H29NO4. The van der Waals surface area contributed by atoms with Crippen LogP contribution in [0.4, 0.5) is 0 Å². The lowest BCUT2D eigenvalue weighted by Gasteiger charge is -2.15. The van der Waals surface area contributed by atoms with Gasteiger partial charge in [-0.2, -0.15) is 0 Å². The van der Waals surface area contributed by atoms with Gasteiger partial charge < -0.3 is 14.8 Å². The molecule has 1 N–H and O–H groups in total. The SMILES string of the molecule is CNC(CC(=O)OCCC(C)C)C(=O)OCCC(C)C. The zero-order chi connectivity index (χ0) is 15.5. The fourth-order valence-electron chi connectivity index (χ4n) is 1.43. The first-order chi connectivity index (χ1) is 9.36. The monoisotopic (exact) mass is 287 g/mol. The van der Waals surface area contributed by atoms with E-state index in [-0.39, 0.29) is 12.4 Å². The van der Waals surface area contributed by atoms with Crippen LogP contribution in [0.15, 0.2) is 0 Å². The number of likely N-dealkylation sites (N-methyl/N-ethyl adjacent to an activating group) is 1. The summed E-state index contributed by atoms with van der Waals surface area (Å²) in [5.41, 5.74) is 0. The van der Waals surface area contributed by atoms with Crippen molar-refractivity contribution in [2.24, 2.45) is 11.8 Å². The molecule has 0 aliphatic carbocycles. The van der Waals surface area contributed by atoms with Gasteiger partial charge in [-0.15, -0.1) is 0 Å². The summed E-state index contributed by atoms with van der Waals surface area (Å²) < 4.78 is 10.2. The Balaban J connectivity index is 3.99. The Hall–Kier alpha value is -1.10. The molecule has 5 nitrogen and oxygen atoms in total. The van der Waals surface area contributed by atoms with E-state index in [4.69, 9.17) is 9.47 Å². The van der Waals surface area contributed by atoms with Crippen molar-refractivity contribution in [3.63, 3.8) is 0 Å². The summed E-state index contributed by atoms with van der Waals surface area (Å²) in [5, 5.41) is 2.79. The molecule has 0 bridgehead atoms. The molecule has 1 atom stereocenters. The maximum atomic E-state index is 11.8. The van der Waals surface area contributed by atoms with Gasteiger partial charge >= 0.3 is 11.9 Å². The summed E-state index contributed by atoms with van der Waals surface area (Å²) >= 11 is 0.